The van der Waals surface area contributed by atoms with Crippen LogP contribution in [0.2, 0.25) is 0 Å². The molecule has 3 fully saturated rings. The summed E-state index contributed by atoms with van der Waals surface area (Å²) in [6, 6.07) is 12.3. The molecule has 2 atom stereocenters. The number of imidazole rings is 1. The Morgan fingerprint density at radius 2 is 1.67 bits per heavy atom. The maximum Gasteiger partial charge on any atom is 0.175 e. The third-order valence-electron chi connectivity index (χ3n) is 9.44. The highest BCUT2D eigenvalue weighted by atomic mass is 32.2. The third-order valence-corrected chi connectivity index (χ3v) is 10.6. The van der Waals surface area contributed by atoms with Gasteiger partial charge >= 0.3 is 0 Å². The summed E-state index contributed by atoms with van der Waals surface area (Å²) >= 11 is 0. The third kappa shape index (κ3) is 5.14. The predicted molar refractivity (Wildman–Crippen MR) is 151 cm³/mol. The second-order valence-corrected chi connectivity index (χ2v) is 13.7. The molecular weight excluding hydrogens is 515 g/mol. The van der Waals surface area contributed by atoms with Crippen molar-refractivity contribution >= 4 is 20.9 Å². The van der Waals surface area contributed by atoms with Gasteiger partial charge in [-0.3, -0.25) is 4.90 Å². The van der Waals surface area contributed by atoms with Gasteiger partial charge < -0.3 is 14.2 Å². The molecule has 3 aliphatic rings. The van der Waals surface area contributed by atoms with Crippen LogP contribution in [-0.4, -0.2) is 85.5 Å². The molecule has 210 valence electrons. The highest BCUT2D eigenvalue weighted by molar-refractivity contribution is 7.90. The summed E-state index contributed by atoms with van der Waals surface area (Å²) < 4.78 is 46.3. The first kappa shape index (κ1) is 26.9. The molecule has 0 N–H and O–H groups in total. The topological polar surface area (TPSA) is 67.7 Å². The lowest BCUT2D eigenvalue weighted by Gasteiger charge is -2.45. The van der Waals surface area contributed by atoms with Crippen molar-refractivity contribution in [2.45, 2.75) is 67.5 Å². The fourth-order valence-electron chi connectivity index (χ4n) is 7.33. The Balaban J connectivity index is 1.15. The number of aromatic nitrogens is 2. The normalized spacial score (nSPS) is 25.1. The number of likely N-dealkylation sites (tertiary alicyclic amines) is 1. The van der Waals surface area contributed by atoms with Gasteiger partial charge in [0.2, 0.25) is 0 Å². The Kier molecular flexibility index (Phi) is 7.29. The van der Waals surface area contributed by atoms with Gasteiger partial charge in [0.15, 0.2) is 9.84 Å². The number of aryl methyl sites for hydroxylation is 1. The first-order valence-corrected chi connectivity index (χ1v) is 16.1. The minimum absolute atomic E-state index is 0.160. The Hall–Kier alpha value is -2.33. The number of nitrogens with zero attached hydrogens (tertiary/aromatic N) is 4. The van der Waals surface area contributed by atoms with Crippen molar-refractivity contribution in [3.63, 3.8) is 0 Å². The quantitative estimate of drug-likeness (QED) is 0.425. The molecule has 3 aliphatic heterocycles. The molecule has 7 nitrogen and oxygen atoms in total. The molecule has 39 heavy (non-hydrogen) atoms. The molecule has 2 aromatic carbocycles. The summed E-state index contributed by atoms with van der Waals surface area (Å²) in [5, 5.41) is 0. The van der Waals surface area contributed by atoms with E-state index in [1.807, 2.05) is 17.7 Å². The molecule has 1 aromatic heterocycles. The fraction of sp³-hybridized carbons (Fsp3) is 0.567. The van der Waals surface area contributed by atoms with Crippen LogP contribution < -0.4 is 0 Å². The molecule has 0 aliphatic carbocycles. The van der Waals surface area contributed by atoms with Crippen LogP contribution in [0.1, 0.15) is 50.0 Å². The zero-order chi connectivity index (χ0) is 27.3. The predicted octanol–water partition coefficient (Wildman–Crippen LogP) is 4.60. The molecule has 3 aromatic rings. The Morgan fingerprint density at radius 3 is 2.28 bits per heavy atom. The van der Waals surface area contributed by atoms with E-state index in [0.29, 0.717) is 23.9 Å². The number of rotatable bonds is 7. The first-order chi connectivity index (χ1) is 18.7. The summed E-state index contributed by atoms with van der Waals surface area (Å²) in [7, 11) is 0.394. The molecule has 0 amide bonds. The number of hydrogen-bond donors (Lipinski definition) is 0. The molecule has 2 unspecified atom stereocenters. The van der Waals surface area contributed by atoms with Gasteiger partial charge in [0.05, 0.1) is 22.5 Å². The van der Waals surface area contributed by atoms with Gasteiger partial charge in [-0.15, -0.1) is 0 Å². The Labute approximate surface area is 230 Å². The highest BCUT2D eigenvalue weighted by Gasteiger charge is 2.42. The lowest BCUT2D eigenvalue weighted by atomic mass is 9.86. The molecular formula is C30H39FN4O3S. The summed E-state index contributed by atoms with van der Waals surface area (Å²) in [4.78, 5) is 10.5. The van der Waals surface area contributed by atoms with E-state index in [9.17, 15) is 8.42 Å². The van der Waals surface area contributed by atoms with Crippen molar-refractivity contribution < 1.29 is 17.5 Å². The monoisotopic (exact) mass is 554 g/mol. The van der Waals surface area contributed by atoms with Crippen LogP contribution in [0.3, 0.4) is 0 Å². The van der Waals surface area contributed by atoms with E-state index >= 15 is 4.39 Å². The zero-order valence-electron chi connectivity index (χ0n) is 23.1. The largest absolute Gasteiger partial charge is 0.383 e. The van der Waals surface area contributed by atoms with Gasteiger partial charge in [-0.2, -0.15) is 0 Å². The Morgan fingerprint density at radius 1 is 1.00 bits per heavy atom. The highest BCUT2D eigenvalue weighted by Crippen LogP contribution is 2.40. The van der Waals surface area contributed by atoms with Crippen LogP contribution in [0.5, 0.6) is 0 Å². The number of hydrogen-bond acceptors (Lipinski definition) is 6. The van der Waals surface area contributed by atoms with Crippen molar-refractivity contribution in [1.82, 2.24) is 19.4 Å². The van der Waals surface area contributed by atoms with E-state index < -0.39 is 9.84 Å². The molecule has 6 rings (SSSR count). The van der Waals surface area contributed by atoms with Crippen LogP contribution in [0.25, 0.3) is 22.4 Å². The number of halogens is 1. The molecule has 3 saturated heterocycles. The first-order valence-electron chi connectivity index (χ1n) is 14.2. The number of benzene rings is 2. The van der Waals surface area contributed by atoms with Crippen molar-refractivity contribution in [3.8, 4) is 11.4 Å². The van der Waals surface area contributed by atoms with Gasteiger partial charge in [-0.25, -0.2) is 17.8 Å². The van der Waals surface area contributed by atoms with Crippen LogP contribution in [0.4, 0.5) is 4.39 Å². The van der Waals surface area contributed by atoms with E-state index in [2.05, 4.69) is 9.80 Å². The zero-order valence-corrected chi connectivity index (χ0v) is 24.0. The second kappa shape index (κ2) is 10.6. The fourth-order valence-corrected chi connectivity index (χ4v) is 7.96. The van der Waals surface area contributed by atoms with Gasteiger partial charge in [-0.1, -0.05) is 0 Å². The van der Waals surface area contributed by atoms with Crippen LogP contribution >= 0.6 is 0 Å². The van der Waals surface area contributed by atoms with E-state index in [4.69, 9.17) is 9.72 Å². The maximum absolute atomic E-state index is 15.5. The summed E-state index contributed by atoms with van der Waals surface area (Å²) in [6.45, 7) is 3.89. The number of ether oxygens (including phenoxy) is 1. The van der Waals surface area contributed by atoms with E-state index in [1.54, 1.807) is 37.4 Å². The minimum atomic E-state index is -3.27. The second-order valence-electron chi connectivity index (χ2n) is 11.7. The SMILES string of the molecule is COCCN1C2CCC1CC(N1CCC(c3cc4nc(-c5ccc(S(C)(=O)=O)cc5)n(C)c4cc3F)CC1)C2. The minimum Gasteiger partial charge on any atom is -0.383 e. The smallest absolute Gasteiger partial charge is 0.175 e. The molecule has 0 spiro atoms. The van der Waals surface area contributed by atoms with E-state index in [0.717, 1.165) is 61.2 Å². The average molecular weight is 555 g/mol. The number of fused-ring (bicyclic) bond motifs is 3. The van der Waals surface area contributed by atoms with Crippen molar-refractivity contribution in [3.05, 3.63) is 47.8 Å². The Bertz CT molecular complexity index is 1430. The lowest BCUT2D eigenvalue weighted by Crippen LogP contribution is -2.52. The number of piperidine rings is 2. The molecule has 9 heteroatoms. The average Bonchev–Trinajstić information content (AvgIpc) is 3.36. The molecule has 0 saturated carbocycles. The van der Waals surface area contributed by atoms with Crippen molar-refractivity contribution in [2.24, 2.45) is 7.05 Å². The van der Waals surface area contributed by atoms with Crippen LogP contribution in [-0.2, 0) is 21.6 Å². The number of sulfone groups is 1. The van der Waals surface area contributed by atoms with E-state index in [-0.39, 0.29) is 16.6 Å². The summed E-state index contributed by atoms with van der Waals surface area (Å²) in [5.74, 6) is 0.735. The summed E-state index contributed by atoms with van der Waals surface area (Å²) in [5.41, 5.74) is 3.09. The summed E-state index contributed by atoms with van der Waals surface area (Å²) in [6.07, 6.45) is 8.23. The van der Waals surface area contributed by atoms with Gasteiger partial charge in [0.25, 0.3) is 0 Å². The molecule has 0 radical (unpaired) electrons. The van der Waals surface area contributed by atoms with Crippen molar-refractivity contribution in [2.75, 3.05) is 39.6 Å². The van der Waals surface area contributed by atoms with E-state index in [1.165, 1.54) is 31.9 Å². The molecule has 2 bridgehead atoms. The maximum atomic E-state index is 15.5. The van der Waals surface area contributed by atoms with Crippen LogP contribution in [0.15, 0.2) is 41.3 Å². The molecule has 4 heterocycles. The van der Waals surface area contributed by atoms with Gasteiger partial charge in [0, 0.05) is 56.7 Å². The standard InChI is InChI=1S/C30H39FN4O3S/c1-33-29-19-27(31)26(18-28(29)32-30(33)21-4-8-25(9-5-21)39(3,36)37)20-10-12-34(13-11-20)24-16-22-6-7-23(17-24)35(22)14-15-38-2/h4-5,8-9,18-20,22-24H,6-7,10-17H2,1-3H3. The lowest BCUT2D eigenvalue weighted by molar-refractivity contribution is 0.0319. The van der Waals surface area contributed by atoms with Gasteiger partial charge in [0.1, 0.15) is 11.6 Å². The van der Waals surface area contributed by atoms with Crippen LogP contribution in [0, 0.1) is 5.82 Å². The number of methoxy groups -OCH3 is 1. The van der Waals surface area contributed by atoms with Gasteiger partial charge in [-0.05, 0) is 93.4 Å². The van der Waals surface area contributed by atoms with Crippen molar-refractivity contribution in [1.29, 1.82) is 0 Å².